The molecule has 0 saturated carbocycles. The van der Waals surface area contributed by atoms with Gasteiger partial charge in [0.1, 0.15) is 0 Å². The normalized spacial score (nSPS) is 11.2. The summed E-state index contributed by atoms with van der Waals surface area (Å²) < 4.78 is 3.12. The molecular weight excluding hydrogens is 438 g/mol. The zero-order valence-corrected chi connectivity index (χ0v) is 18.6. The molecule has 7 nitrogen and oxygen atoms in total. The van der Waals surface area contributed by atoms with Crippen LogP contribution in [0.2, 0.25) is 5.02 Å². The van der Waals surface area contributed by atoms with Gasteiger partial charge in [-0.25, -0.2) is 4.52 Å². The second-order valence-electron chi connectivity index (χ2n) is 7.81. The number of nitrogens with one attached hydrogen (secondary N) is 1. The van der Waals surface area contributed by atoms with Crippen LogP contribution in [-0.4, -0.2) is 25.1 Å². The Bertz CT molecular complexity index is 1560. The monoisotopic (exact) mass is 457 g/mol. The van der Waals surface area contributed by atoms with Gasteiger partial charge in [-0.05, 0) is 41.8 Å². The molecule has 33 heavy (non-hydrogen) atoms. The third-order valence-corrected chi connectivity index (χ3v) is 5.85. The van der Waals surface area contributed by atoms with Crippen LogP contribution in [0, 0.1) is 6.92 Å². The van der Waals surface area contributed by atoms with Crippen LogP contribution in [0.15, 0.2) is 77.6 Å². The van der Waals surface area contributed by atoms with Crippen molar-refractivity contribution in [3.63, 3.8) is 0 Å². The van der Waals surface area contributed by atoms with Crippen LogP contribution in [-0.2, 0) is 13.1 Å². The molecule has 1 N–H and O–H groups in total. The van der Waals surface area contributed by atoms with E-state index in [2.05, 4.69) is 15.4 Å². The van der Waals surface area contributed by atoms with Crippen LogP contribution < -0.4 is 10.9 Å². The Labute approximate surface area is 194 Å². The number of rotatable bonds is 5. The maximum atomic E-state index is 13.4. The van der Waals surface area contributed by atoms with Crippen molar-refractivity contribution in [3.05, 3.63) is 111 Å². The number of benzene rings is 3. The first kappa shape index (κ1) is 20.9. The summed E-state index contributed by atoms with van der Waals surface area (Å²) in [5.41, 5.74) is 4.00. The summed E-state index contributed by atoms with van der Waals surface area (Å²) in [4.78, 5) is 30.5. The quantitative estimate of drug-likeness (QED) is 0.432. The van der Waals surface area contributed by atoms with E-state index in [-0.39, 0.29) is 23.6 Å². The smallest absolute Gasteiger partial charge is 0.296 e. The van der Waals surface area contributed by atoms with E-state index >= 15 is 0 Å². The molecule has 0 radical (unpaired) electrons. The maximum absolute atomic E-state index is 13.4. The summed E-state index contributed by atoms with van der Waals surface area (Å²) in [5, 5.41) is 7.70. The summed E-state index contributed by atoms with van der Waals surface area (Å²) in [6.45, 7) is 2.58. The highest BCUT2D eigenvalue weighted by atomic mass is 35.5. The van der Waals surface area contributed by atoms with Gasteiger partial charge >= 0.3 is 0 Å². The lowest BCUT2D eigenvalue weighted by molar-refractivity contribution is 0.0941. The number of amides is 1. The lowest BCUT2D eigenvalue weighted by Gasteiger charge is -2.12. The summed E-state index contributed by atoms with van der Waals surface area (Å²) in [6, 6.07) is 22.8. The van der Waals surface area contributed by atoms with E-state index in [1.165, 1.54) is 4.52 Å². The van der Waals surface area contributed by atoms with E-state index in [0.717, 1.165) is 22.2 Å². The summed E-state index contributed by atoms with van der Waals surface area (Å²) in [5.74, 6) is -0.550. The van der Waals surface area contributed by atoms with Crippen molar-refractivity contribution < 1.29 is 4.79 Å². The fourth-order valence-electron chi connectivity index (χ4n) is 3.79. The average molecular weight is 458 g/mol. The molecule has 2 aromatic heterocycles. The molecule has 0 unspecified atom stereocenters. The number of halogens is 1. The molecule has 1 amide bonds. The van der Waals surface area contributed by atoms with Gasteiger partial charge in [-0.15, -0.1) is 5.10 Å². The predicted octanol–water partition coefficient (Wildman–Crippen LogP) is 3.98. The van der Waals surface area contributed by atoms with Gasteiger partial charge in [-0.2, -0.15) is 4.98 Å². The number of nitrogens with zero attached hydrogens (tertiary/aromatic N) is 4. The molecule has 8 heteroatoms. The molecular formula is C25H20ClN5O2. The molecule has 0 bridgehead atoms. The summed E-state index contributed by atoms with van der Waals surface area (Å²) in [6.07, 6.45) is 0. The van der Waals surface area contributed by atoms with Crippen molar-refractivity contribution >= 4 is 34.2 Å². The van der Waals surface area contributed by atoms with E-state index < -0.39 is 5.91 Å². The molecule has 0 atom stereocenters. The van der Waals surface area contributed by atoms with Crippen molar-refractivity contribution in [1.82, 2.24) is 24.5 Å². The van der Waals surface area contributed by atoms with Crippen molar-refractivity contribution in [2.75, 3.05) is 0 Å². The number of carbonyl (C=O) groups is 1. The van der Waals surface area contributed by atoms with Crippen molar-refractivity contribution in [1.29, 1.82) is 0 Å². The van der Waals surface area contributed by atoms with Gasteiger partial charge in [0.2, 0.25) is 11.5 Å². The van der Waals surface area contributed by atoms with Crippen molar-refractivity contribution in [2.45, 2.75) is 20.0 Å². The topological polar surface area (TPSA) is 81.3 Å². The molecule has 0 aliphatic rings. The Morgan fingerprint density at radius 3 is 2.55 bits per heavy atom. The minimum absolute atomic E-state index is 0.0708. The largest absolute Gasteiger partial charge is 0.345 e. The lowest BCUT2D eigenvalue weighted by Crippen LogP contribution is -2.24. The van der Waals surface area contributed by atoms with Crippen LogP contribution in [0.4, 0.5) is 0 Å². The number of fused-ring (bicyclic) bond motifs is 3. The minimum Gasteiger partial charge on any atom is -0.345 e. The predicted molar refractivity (Wildman–Crippen MR) is 128 cm³/mol. The molecule has 2 heterocycles. The zero-order valence-electron chi connectivity index (χ0n) is 17.8. The first-order valence-corrected chi connectivity index (χ1v) is 10.8. The van der Waals surface area contributed by atoms with Gasteiger partial charge < -0.3 is 5.32 Å². The Kier molecular flexibility index (Phi) is 5.40. The highest BCUT2D eigenvalue weighted by Crippen LogP contribution is 2.18. The molecule has 0 aliphatic heterocycles. The first-order valence-electron chi connectivity index (χ1n) is 10.5. The molecule has 3 aromatic carbocycles. The van der Waals surface area contributed by atoms with Crippen molar-refractivity contribution in [3.8, 4) is 0 Å². The molecule has 0 saturated heterocycles. The van der Waals surface area contributed by atoms with Gasteiger partial charge in [-0.1, -0.05) is 66.2 Å². The van der Waals surface area contributed by atoms with Crippen LogP contribution >= 0.6 is 11.6 Å². The number of hydrogen-bond donors (Lipinski definition) is 1. The molecule has 164 valence electrons. The molecule has 0 fully saturated rings. The van der Waals surface area contributed by atoms with Crippen LogP contribution in [0.3, 0.4) is 0 Å². The number of carbonyl (C=O) groups excluding carboxylic acids is 1. The molecule has 0 spiro atoms. The van der Waals surface area contributed by atoms with Gasteiger partial charge in [0.15, 0.2) is 0 Å². The van der Waals surface area contributed by atoms with Crippen LogP contribution in [0.5, 0.6) is 0 Å². The Morgan fingerprint density at radius 2 is 1.76 bits per heavy atom. The highest BCUT2D eigenvalue weighted by Gasteiger charge is 2.19. The molecule has 0 aliphatic carbocycles. The van der Waals surface area contributed by atoms with E-state index in [1.807, 2.05) is 73.7 Å². The maximum Gasteiger partial charge on any atom is 0.296 e. The average Bonchev–Trinajstić information content (AvgIpc) is 3.28. The van der Waals surface area contributed by atoms with E-state index in [0.29, 0.717) is 17.1 Å². The first-order chi connectivity index (χ1) is 16.0. The molecule has 5 rings (SSSR count). The number of aryl methyl sites for hydroxylation is 1. The minimum atomic E-state index is -0.479. The Hall–Kier alpha value is -3.97. The second kappa shape index (κ2) is 8.52. The van der Waals surface area contributed by atoms with Gasteiger partial charge in [0, 0.05) is 11.6 Å². The van der Waals surface area contributed by atoms with Crippen LogP contribution in [0.25, 0.3) is 16.7 Å². The van der Waals surface area contributed by atoms with Gasteiger partial charge in [0.25, 0.3) is 11.5 Å². The SMILES string of the molecule is Cc1ccc2c(c1)n(Cc1ccccc1)c(=O)c1nc(C(=O)NCc3ccccc3Cl)nn12. The highest BCUT2D eigenvalue weighted by molar-refractivity contribution is 6.31. The van der Waals surface area contributed by atoms with Crippen LogP contribution in [0.1, 0.15) is 27.3 Å². The third kappa shape index (κ3) is 3.99. The fraction of sp³-hybridized carbons (Fsp3) is 0.120. The lowest BCUT2D eigenvalue weighted by atomic mass is 10.2. The summed E-state index contributed by atoms with van der Waals surface area (Å²) in [7, 11) is 0. The molecule has 5 aromatic rings. The number of hydrogen-bond acceptors (Lipinski definition) is 4. The standard InChI is InChI=1S/C25H20ClN5O2/c1-16-11-12-20-21(13-16)30(15-17-7-3-2-4-8-17)25(33)23-28-22(29-31(20)23)24(32)27-14-18-9-5-6-10-19(18)26/h2-13H,14-15H2,1H3,(H,27,32). The van der Waals surface area contributed by atoms with E-state index in [1.54, 1.807) is 10.6 Å². The third-order valence-electron chi connectivity index (χ3n) is 5.48. The van der Waals surface area contributed by atoms with Gasteiger partial charge in [0.05, 0.1) is 17.6 Å². The van der Waals surface area contributed by atoms with E-state index in [4.69, 9.17) is 11.6 Å². The Balaban J connectivity index is 1.58. The Morgan fingerprint density at radius 1 is 1.00 bits per heavy atom. The van der Waals surface area contributed by atoms with E-state index in [9.17, 15) is 9.59 Å². The zero-order chi connectivity index (χ0) is 22.9. The summed E-state index contributed by atoms with van der Waals surface area (Å²) >= 11 is 6.17. The second-order valence-corrected chi connectivity index (χ2v) is 8.22. The van der Waals surface area contributed by atoms with Gasteiger partial charge in [-0.3, -0.25) is 14.2 Å². The van der Waals surface area contributed by atoms with Crippen molar-refractivity contribution in [2.24, 2.45) is 0 Å². The fourth-order valence-corrected chi connectivity index (χ4v) is 4.00. The number of aromatic nitrogens is 4.